The standard InChI is InChI=1S/C12H25N3O3/c1-4-9(5-2)15(6-7-18-3)12(17)10(13)8-11(14)16/h9-10H,4-8,13H2,1-3H3,(H2,14,16). The van der Waals surface area contributed by atoms with E-state index in [-0.39, 0.29) is 18.4 Å². The number of rotatable bonds is 9. The highest BCUT2D eigenvalue weighted by Gasteiger charge is 2.26. The maximum Gasteiger partial charge on any atom is 0.240 e. The summed E-state index contributed by atoms with van der Waals surface area (Å²) in [6.45, 7) is 4.96. The van der Waals surface area contributed by atoms with Crippen molar-refractivity contribution in [2.45, 2.75) is 45.2 Å². The van der Waals surface area contributed by atoms with E-state index in [1.807, 2.05) is 13.8 Å². The van der Waals surface area contributed by atoms with Gasteiger partial charge in [-0.25, -0.2) is 0 Å². The third kappa shape index (κ3) is 5.46. The van der Waals surface area contributed by atoms with Crippen molar-refractivity contribution >= 4 is 11.8 Å². The Labute approximate surface area is 109 Å². The fourth-order valence-corrected chi connectivity index (χ4v) is 1.91. The molecule has 0 saturated carbocycles. The molecule has 0 heterocycles. The molecule has 0 radical (unpaired) electrons. The van der Waals surface area contributed by atoms with Crippen molar-refractivity contribution in [1.29, 1.82) is 0 Å². The van der Waals surface area contributed by atoms with E-state index in [1.165, 1.54) is 0 Å². The van der Waals surface area contributed by atoms with E-state index in [0.717, 1.165) is 12.8 Å². The molecule has 0 aliphatic carbocycles. The summed E-state index contributed by atoms with van der Waals surface area (Å²) in [6, 6.07) is -0.744. The SMILES string of the molecule is CCC(CC)N(CCOC)C(=O)C(N)CC(N)=O. The average Bonchev–Trinajstić information content (AvgIpc) is 2.32. The first-order valence-electron chi connectivity index (χ1n) is 6.31. The van der Waals surface area contributed by atoms with Gasteiger partial charge in [-0.15, -0.1) is 0 Å². The lowest BCUT2D eigenvalue weighted by Crippen LogP contribution is -2.50. The summed E-state index contributed by atoms with van der Waals surface area (Å²) in [4.78, 5) is 24.7. The summed E-state index contributed by atoms with van der Waals surface area (Å²) in [5, 5.41) is 0. The summed E-state index contributed by atoms with van der Waals surface area (Å²) in [5.41, 5.74) is 10.8. The minimum absolute atomic E-state index is 0.117. The van der Waals surface area contributed by atoms with E-state index < -0.39 is 11.9 Å². The molecule has 0 aliphatic rings. The molecule has 2 amide bonds. The van der Waals surface area contributed by atoms with Crippen LogP contribution in [0.25, 0.3) is 0 Å². The zero-order valence-corrected chi connectivity index (χ0v) is 11.5. The van der Waals surface area contributed by atoms with Crippen molar-refractivity contribution in [3.63, 3.8) is 0 Å². The Morgan fingerprint density at radius 3 is 2.22 bits per heavy atom. The van der Waals surface area contributed by atoms with Crippen LogP contribution in [0, 0.1) is 0 Å². The third-order valence-corrected chi connectivity index (χ3v) is 2.94. The number of nitrogens with zero attached hydrogens (tertiary/aromatic N) is 1. The van der Waals surface area contributed by atoms with Gasteiger partial charge >= 0.3 is 0 Å². The van der Waals surface area contributed by atoms with Gasteiger partial charge in [-0.05, 0) is 12.8 Å². The van der Waals surface area contributed by atoms with E-state index in [4.69, 9.17) is 16.2 Å². The smallest absolute Gasteiger partial charge is 0.240 e. The maximum absolute atomic E-state index is 12.2. The fourth-order valence-electron chi connectivity index (χ4n) is 1.91. The van der Waals surface area contributed by atoms with Crippen LogP contribution in [0.5, 0.6) is 0 Å². The molecule has 18 heavy (non-hydrogen) atoms. The molecule has 1 unspecified atom stereocenters. The first-order chi connectivity index (χ1) is 8.47. The molecule has 0 aromatic carbocycles. The predicted molar refractivity (Wildman–Crippen MR) is 69.7 cm³/mol. The second-order valence-electron chi connectivity index (χ2n) is 4.27. The third-order valence-electron chi connectivity index (χ3n) is 2.94. The van der Waals surface area contributed by atoms with Gasteiger partial charge in [0.15, 0.2) is 0 Å². The fraction of sp³-hybridized carbons (Fsp3) is 0.833. The van der Waals surface area contributed by atoms with Gasteiger partial charge in [-0.3, -0.25) is 9.59 Å². The van der Waals surface area contributed by atoms with Gasteiger partial charge in [0.2, 0.25) is 11.8 Å². The van der Waals surface area contributed by atoms with E-state index in [1.54, 1.807) is 12.0 Å². The van der Waals surface area contributed by atoms with E-state index in [0.29, 0.717) is 13.2 Å². The molecule has 6 heteroatoms. The first kappa shape index (κ1) is 16.9. The highest BCUT2D eigenvalue weighted by Crippen LogP contribution is 2.10. The maximum atomic E-state index is 12.2. The molecule has 106 valence electrons. The average molecular weight is 259 g/mol. The summed E-state index contributed by atoms with van der Waals surface area (Å²) >= 11 is 0. The molecule has 0 aromatic heterocycles. The number of amides is 2. The summed E-state index contributed by atoms with van der Waals surface area (Å²) in [7, 11) is 1.58. The molecule has 0 aliphatic heterocycles. The molecule has 0 rings (SSSR count). The molecular formula is C12H25N3O3. The van der Waals surface area contributed by atoms with Crippen LogP contribution in [-0.4, -0.2) is 49.1 Å². The van der Waals surface area contributed by atoms with Gasteiger partial charge in [-0.1, -0.05) is 13.8 Å². The number of carbonyl (C=O) groups excluding carboxylic acids is 2. The van der Waals surface area contributed by atoms with Crippen LogP contribution in [0.4, 0.5) is 0 Å². The highest BCUT2D eigenvalue weighted by atomic mass is 16.5. The van der Waals surface area contributed by atoms with Crippen molar-refractivity contribution in [3.8, 4) is 0 Å². The number of carbonyl (C=O) groups is 2. The Balaban J connectivity index is 4.71. The number of primary amides is 1. The lowest BCUT2D eigenvalue weighted by molar-refractivity contribution is -0.137. The van der Waals surface area contributed by atoms with Crippen LogP contribution >= 0.6 is 0 Å². The lowest BCUT2D eigenvalue weighted by Gasteiger charge is -2.32. The Bertz CT molecular complexity index is 267. The van der Waals surface area contributed by atoms with Gasteiger partial charge < -0.3 is 21.1 Å². The summed E-state index contributed by atoms with van der Waals surface area (Å²) < 4.78 is 5.00. The van der Waals surface area contributed by atoms with Crippen LogP contribution in [-0.2, 0) is 14.3 Å². The van der Waals surface area contributed by atoms with Crippen molar-refractivity contribution < 1.29 is 14.3 Å². The van der Waals surface area contributed by atoms with Crippen molar-refractivity contribution in [3.05, 3.63) is 0 Å². The van der Waals surface area contributed by atoms with Crippen molar-refractivity contribution in [1.82, 2.24) is 4.90 Å². The molecule has 4 N–H and O–H groups in total. The monoisotopic (exact) mass is 259 g/mol. The zero-order valence-electron chi connectivity index (χ0n) is 11.5. The second-order valence-corrected chi connectivity index (χ2v) is 4.27. The first-order valence-corrected chi connectivity index (χ1v) is 6.31. The van der Waals surface area contributed by atoms with Gasteiger partial charge in [0, 0.05) is 19.7 Å². The van der Waals surface area contributed by atoms with Crippen LogP contribution < -0.4 is 11.5 Å². The Morgan fingerprint density at radius 2 is 1.83 bits per heavy atom. The minimum atomic E-state index is -0.861. The molecular weight excluding hydrogens is 234 g/mol. The van der Waals surface area contributed by atoms with Crippen LogP contribution in [0.1, 0.15) is 33.1 Å². The Morgan fingerprint density at radius 1 is 1.28 bits per heavy atom. The van der Waals surface area contributed by atoms with Gasteiger partial charge in [0.1, 0.15) is 0 Å². The van der Waals surface area contributed by atoms with E-state index in [9.17, 15) is 9.59 Å². The topological polar surface area (TPSA) is 98.7 Å². The van der Waals surface area contributed by atoms with Crippen LogP contribution in [0.15, 0.2) is 0 Å². The molecule has 0 fully saturated rings. The van der Waals surface area contributed by atoms with Crippen molar-refractivity contribution in [2.24, 2.45) is 11.5 Å². The minimum Gasteiger partial charge on any atom is -0.383 e. The quantitative estimate of drug-likeness (QED) is 0.601. The normalized spacial score (nSPS) is 12.5. The van der Waals surface area contributed by atoms with Gasteiger partial charge in [0.05, 0.1) is 19.1 Å². The molecule has 0 saturated heterocycles. The number of methoxy groups -OCH3 is 1. The zero-order chi connectivity index (χ0) is 14.1. The van der Waals surface area contributed by atoms with E-state index >= 15 is 0 Å². The Hall–Kier alpha value is -1.14. The number of hydrogen-bond acceptors (Lipinski definition) is 4. The molecule has 1 atom stereocenters. The summed E-state index contributed by atoms with van der Waals surface area (Å²) in [6.07, 6.45) is 1.56. The number of hydrogen-bond donors (Lipinski definition) is 2. The van der Waals surface area contributed by atoms with E-state index in [2.05, 4.69) is 0 Å². The molecule has 0 aromatic rings. The molecule has 0 bridgehead atoms. The van der Waals surface area contributed by atoms with Crippen molar-refractivity contribution in [2.75, 3.05) is 20.3 Å². The van der Waals surface area contributed by atoms with Crippen LogP contribution in [0.2, 0.25) is 0 Å². The summed E-state index contributed by atoms with van der Waals surface area (Å²) in [5.74, 6) is -0.799. The largest absolute Gasteiger partial charge is 0.383 e. The van der Waals surface area contributed by atoms with Gasteiger partial charge in [0.25, 0.3) is 0 Å². The lowest BCUT2D eigenvalue weighted by atomic mass is 10.1. The molecule has 6 nitrogen and oxygen atoms in total. The molecule has 0 spiro atoms. The Kier molecular flexibility index (Phi) is 8.32. The second kappa shape index (κ2) is 8.88. The number of nitrogens with two attached hydrogens (primary N) is 2. The van der Waals surface area contributed by atoms with Crippen LogP contribution in [0.3, 0.4) is 0 Å². The highest BCUT2D eigenvalue weighted by molar-refractivity contribution is 5.87. The van der Waals surface area contributed by atoms with Gasteiger partial charge in [-0.2, -0.15) is 0 Å². The number of ether oxygens (including phenoxy) is 1. The predicted octanol–water partition coefficient (Wildman–Crippen LogP) is -0.147.